The first-order valence-electron chi connectivity index (χ1n) is 11.1. The Balaban J connectivity index is 1.96. The van der Waals surface area contributed by atoms with Gasteiger partial charge in [-0.1, -0.05) is 94.3 Å². The minimum atomic E-state index is -2.74. The van der Waals surface area contributed by atoms with E-state index in [1.807, 2.05) is 0 Å². The van der Waals surface area contributed by atoms with Crippen LogP contribution in [0.4, 0.5) is 0 Å². The van der Waals surface area contributed by atoms with Gasteiger partial charge >= 0.3 is 8.56 Å². The van der Waals surface area contributed by atoms with Crippen LogP contribution in [0.25, 0.3) is 0 Å². The van der Waals surface area contributed by atoms with E-state index in [0.29, 0.717) is 11.8 Å². The van der Waals surface area contributed by atoms with Gasteiger partial charge in [0.05, 0.1) is 0 Å². The Hall–Kier alpha value is -1.42. The molecule has 28 heavy (non-hydrogen) atoms. The molecule has 2 aromatic carbocycles. The second kappa shape index (κ2) is 10.4. The summed E-state index contributed by atoms with van der Waals surface area (Å²) in [6.45, 7) is 7.73. The zero-order valence-electron chi connectivity index (χ0n) is 17.8. The minimum Gasteiger partial charge on any atom is -0.388 e. The fourth-order valence-electron chi connectivity index (χ4n) is 4.59. The SMILES string of the molecule is CCCCCO[Si](OC1CC(C)CC(C)C1)(c1ccccc1)c1ccccc1. The first kappa shape index (κ1) is 21.3. The summed E-state index contributed by atoms with van der Waals surface area (Å²) in [7, 11) is -2.74. The van der Waals surface area contributed by atoms with Crippen molar-refractivity contribution in [1.29, 1.82) is 0 Å². The molecular weight excluding hydrogens is 360 g/mol. The molecule has 1 aliphatic rings. The van der Waals surface area contributed by atoms with Crippen LogP contribution in [-0.2, 0) is 8.85 Å². The number of hydrogen-bond acceptors (Lipinski definition) is 2. The third kappa shape index (κ3) is 5.34. The van der Waals surface area contributed by atoms with Crippen molar-refractivity contribution >= 4 is 18.9 Å². The highest BCUT2D eigenvalue weighted by molar-refractivity contribution is 6.92. The zero-order valence-corrected chi connectivity index (χ0v) is 18.8. The zero-order chi connectivity index (χ0) is 19.8. The summed E-state index contributed by atoms with van der Waals surface area (Å²) >= 11 is 0. The average Bonchev–Trinajstić information content (AvgIpc) is 2.71. The Morgan fingerprint density at radius 1 is 0.786 bits per heavy atom. The highest BCUT2D eigenvalue weighted by atomic mass is 28.4. The molecule has 0 heterocycles. The Morgan fingerprint density at radius 2 is 1.32 bits per heavy atom. The maximum Gasteiger partial charge on any atom is 0.407 e. The lowest BCUT2D eigenvalue weighted by atomic mass is 9.82. The molecule has 3 heteroatoms. The molecule has 1 fully saturated rings. The van der Waals surface area contributed by atoms with E-state index in [4.69, 9.17) is 8.85 Å². The van der Waals surface area contributed by atoms with E-state index in [-0.39, 0.29) is 6.10 Å². The summed E-state index contributed by atoms with van der Waals surface area (Å²) in [4.78, 5) is 0. The Labute approximate surface area is 172 Å². The van der Waals surface area contributed by atoms with Gasteiger partial charge in [0, 0.05) is 12.7 Å². The van der Waals surface area contributed by atoms with Crippen LogP contribution in [0.3, 0.4) is 0 Å². The van der Waals surface area contributed by atoms with Crippen molar-refractivity contribution < 1.29 is 8.85 Å². The smallest absolute Gasteiger partial charge is 0.388 e. The lowest BCUT2D eigenvalue weighted by molar-refractivity contribution is 0.0655. The first-order valence-corrected chi connectivity index (χ1v) is 12.9. The lowest BCUT2D eigenvalue weighted by Gasteiger charge is -2.39. The minimum absolute atomic E-state index is 0.275. The number of rotatable bonds is 9. The van der Waals surface area contributed by atoms with Crippen LogP contribution in [0.5, 0.6) is 0 Å². The summed E-state index contributed by atoms with van der Waals surface area (Å²) < 4.78 is 13.9. The molecule has 2 unspecified atom stereocenters. The predicted octanol–water partition coefficient (Wildman–Crippen LogP) is 5.29. The molecule has 0 aliphatic heterocycles. The van der Waals surface area contributed by atoms with Gasteiger partial charge in [-0.3, -0.25) is 0 Å². The van der Waals surface area contributed by atoms with Crippen molar-refractivity contribution in [1.82, 2.24) is 0 Å². The summed E-state index contributed by atoms with van der Waals surface area (Å²) in [5, 5.41) is 2.45. The lowest BCUT2D eigenvalue weighted by Crippen LogP contribution is -2.65. The molecule has 1 aliphatic carbocycles. The highest BCUT2D eigenvalue weighted by Crippen LogP contribution is 2.32. The molecule has 0 bridgehead atoms. The Kier molecular flexibility index (Phi) is 7.89. The van der Waals surface area contributed by atoms with Crippen molar-refractivity contribution in [2.75, 3.05) is 6.61 Å². The van der Waals surface area contributed by atoms with Crippen molar-refractivity contribution in [2.45, 2.75) is 65.4 Å². The van der Waals surface area contributed by atoms with Gasteiger partial charge in [0.25, 0.3) is 0 Å². The number of hydrogen-bond donors (Lipinski definition) is 0. The molecule has 3 rings (SSSR count). The van der Waals surface area contributed by atoms with Crippen LogP contribution in [0.1, 0.15) is 59.3 Å². The molecule has 0 saturated heterocycles. The van der Waals surface area contributed by atoms with E-state index in [0.717, 1.165) is 25.9 Å². The molecule has 152 valence electrons. The van der Waals surface area contributed by atoms with Crippen LogP contribution in [-0.4, -0.2) is 21.3 Å². The van der Waals surface area contributed by atoms with E-state index in [2.05, 4.69) is 81.4 Å². The standard InChI is InChI=1S/C25H36O2Si/c1-4-5-12-17-26-28(24-13-8-6-9-14-24,25-15-10-7-11-16-25)27-23-19-21(2)18-22(3)20-23/h6-11,13-16,21-23H,4-5,12,17-20H2,1-3H3. The Morgan fingerprint density at radius 3 is 1.82 bits per heavy atom. The number of unbranched alkanes of at least 4 members (excludes halogenated alkanes) is 2. The predicted molar refractivity (Wildman–Crippen MR) is 120 cm³/mol. The topological polar surface area (TPSA) is 18.5 Å². The molecule has 0 aromatic heterocycles. The van der Waals surface area contributed by atoms with Gasteiger partial charge in [-0.15, -0.1) is 0 Å². The molecule has 0 N–H and O–H groups in total. The van der Waals surface area contributed by atoms with Crippen LogP contribution >= 0.6 is 0 Å². The quantitative estimate of drug-likeness (QED) is 0.423. The van der Waals surface area contributed by atoms with Gasteiger partial charge < -0.3 is 8.85 Å². The van der Waals surface area contributed by atoms with E-state index in [1.165, 1.54) is 29.6 Å². The average molecular weight is 397 g/mol. The van der Waals surface area contributed by atoms with Crippen molar-refractivity contribution in [3.8, 4) is 0 Å². The van der Waals surface area contributed by atoms with Gasteiger partial charge in [-0.05, 0) is 47.9 Å². The highest BCUT2D eigenvalue weighted by Gasteiger charge is 2.45. The molecule has 2 atom stereocenters. The van der Waals surface area contributed by atoms with E-state index in [9.17, 15) is 0 Å². The van der Waals surface area contributed by atoms with Crippen molar-refractivity contribution in [2.24, 2.45) is 11.8 Å². The van der Waals surface area contributed by atoms with E-state index in [1.54, 1.807) is 0 Å². The van der Waals surface area contributed by atoms with Crippen LogP contribution in [0.2, 0.25) is 0 Å². The second-order valence-electron chi connectivity index (χ2n) is 8.56. The maximum absolute atomic E-state index is 7.09. The van der Waals surface area contributed by atoms with Crippen molar-refractivity contribution in [3.63, 3.8) is 0 Å². The third-order valence-electron chi connectivity index (χ3n) is 5.83. The maximum atomic E-state index is 7.09. The Bertz CT molecular complexity index is 639. The normalized spacial score (nSPS) is 22.9. The van der Waals surface area contributed by atoms with Crippen LogP contribution in [0, 0.1) is 11.8 Å². The van der Waals surface area contributed by atoms with Gasteiger partial charge in [0.2, 0.25) is 0 Å². The van der Waals surface area contributed by atoms with E-state index < -0.39 is 8.56 Å². The largest absolute Gasteiger partial charge is 0.407 e. The fourth-order valence-corrected chi connectivity index (χ4v) is 7.95. The van der Waals surface area contributed by atoms with Crippen LogP contribution in [0.15, 0.2) is 60.7 Å². The number of benzene rings is 2. The monoisotopic (exact) mass is 396 g/mol. The van der Waals surface area contributed by atoms with E-state index >= 15 is 0 Å². The summed E-state index contributed by atoms with van der Waals surface area (Å²) in [5.41, 5.74) is 0. The molecule has 1 saturated carbocycles. The molecular formula is C25H36O2Si. The van der Waals surface area contributed by atoms with Gasteiger partial charge in [0.1, 0.15) is 0 Å². The van der Waals surface area contributed by atoms with Crippen LogP contribution < -0.4 is 10.4 Å². The summed E-state index contributed by atoms with van der Waals surface area (Å²) in [6, 6.07) is 21.4. The summed E-state index contributed by atoms with van der Waals surface area (Å²) in [6.07, 6.45) is 7.35. The molecule has 0 amide bonds. The van der Waals surface area contributed by atoms with Crippen molar-refractivity contribution in [3.05, 3.63) is 60.7 Å². The second-order valence-corrected chi connectivity index (χ2v) is 11.5. The third-order valence-corrected chi connectivity index (χ3v) is 9.29. The van der Waals surface area contributed by atoms with Gasteiger partial charge in [-0.25, -0.2) is 0 Å². The first-order chi connectivity index (χ1) is 13.6. The molecule has 0 radical (unpaired) electrons. The summed E-state index contributed by atoms with van der Waals surface area (Å²) in [5.74, 6) is 1.43. The van der Waals surface area contributed by atoms with Gasteiger partial charge in [-0.2, -0.15) is 0 Å². The fraction of sp³-hybridized carbons (Fsp3) is 0.520. The molecule has 0 spiro atoms. The molecule has 2 nitrogen and oxygen atoms in total. The molecule has 2 aromatic rings. The van der Waals surface area contributed by atoms with Gasteiger partial charge in [0.15, 0.2) is 0 Å².